The van der Waals surface area contributed by atoms with E-state index in [4.69, 9.17) is 24.4 Å². The summed E-state index contributed by atoms with van der Waals surface area (Å²) in [4.78, 5) is 0. The predicted octanol–water partition coefficient (Wildman–Crippen LogP) is 4.48. The fourth-order valence-corrected chi connectivity index (χ4v) is 4.26. The van der Waals surface area contributed by atoms with Crippen LogP contribution < -0.4 is 10.5 Å². The number of ether oxygens (including phenoxy) is 1. The van der Waals surface area contributed by atoms with Crippen LogP contribution in [-0.4, -0.2) is 7.11 Å². The third-order valence-electron chi connectivity index (χ3n) is 5.36. The van der Waals surface area contributed by atoms with E-state index in [-0.39, 0.29) is 22.9 Å². The van der Waals surface area contributed by atoms with Crippen LogP contribution in [0.25, 0.3) is 0 Å². The molecule has 0 amide bonds. The van der Waals surface area contributed by atoms with Crippen LogP contribution in [0.5, 0.6) is 5.75 Å². The standard InChI is InChI=1S/C19H27NO.3CO.Cr/c1-12(2)9-14-6-5-13-7-8-19(3,20)17-11-15(21-4)10-16(14)18(13)17;3*1-2;/h10-11,13-14H,1,5-9,20H2,2-4H3;;;;/t13-,14+,19-;;;;/m0..../s1. The van der Waals surface area contributed by atoms with Crippen molar-refractivity contribution in [3.63, 3.8) is 0 Å². The minimum atomic E-state index is -0.222. The fourth-order valence-electron chi connectivity index (χ4n) is 4.26. The average molecular weight is 421 g/mol. The summed E-state index contributed by atoms with van der Waals surface area (Å²) in [5.41, 5.74) is 12.0. The Labute approximate surface area is 179 Å². The second-order valence-electron chi connectivity index (χ2n) is 7.27. The average Bonchev–Trinajstić information content (AvgIpc) is 2.70. The fraction of sp³-hybridized carbons (Fsp3) is 0.500. The molecule has 2 aliphatic rings. The number of methoxy groups -OCH3 is 1. The number of hydrogen-bond donors (Lipinski definition) is 1. The number of nitrogens with two attached hydrogens (primary N) is 1. The molecule has 0 aromatic heterocycles. The van der Waals surface area contributed by atoms with Gasteiger partial charge in [-0.05, 0) is 86.6 Å². The Balaban J connectivity index is 0. The molecule has 0 aliphatic heterocycles. The number of benzene rings is 1. The molecule has 0 unspecified atom stereocenters. The molecule has 150 valence electrons. The maximum absolute atomic E-state index is 7.50. The molecule has 1 aromatic carbocycles. The summed E-state index contributed by atoms with van der Waals surface area (Å²) in [6, 6.07) is 4.42. The van der Waals surface area contributed by atoms with Gasteiger partial charge < -0.3 is 10.5 Å². The Morgan fingerprint density at radius 2 is 1.75 bits per heavy atom. The molecular weight excluding hydrogens is 394 g/mol. The van der Waals surface area contributed by atoms with Gasteiger partial charge in [0.05, 0.1) is 7.11 Å². The van der Waals surface area contributed by atoms with E-state index in [2.05, 4.69) is 52.5 Å². The Bertz CT molecular complexity index is 692. The van der Waals surface area contributed by atoms with Crippen molar-refractivity contribution in [1.82, 2.24) is 0 Å². The zero-order chi connectivity index (χ0) is 21.2. The van der Waals surface area contributed by atoms with Crippen LogP contribution in [0, 0.1) is 20.0 Å². The quantitative estimate of drug-likeness (QED) is 0.443. The van der Waals surface area contributed by atoms with E-state index in [1.54, 1.807) is 7.11 Å². The molecule has 0 saturated heterocycles. The Morgan fingerprint density at radius 3 is 2.25 bits per heavy atom. The molecule has 6 heteroatoms. The van der Waals surface area contributed by atoms with Crippen molar-refractivity contribution in [3.05, 3.63) is 60.9 Å². The van der Waals surface area contributed by atoms with Crippen molar-refractivity contribution >= 4 is 0 Å². The molecule has 0 bridgehead atoms. The van der Waals surface area contributed by atoms with Gasteiger partial charge in [-0.1, -0.05) is 5.57 Å². The molecule has 1 aromatic rings. The zero-order valence-electron chi connectivity index (χ0n) is 16.7. The van der Waals surface area contributed by atoms with Crippen LogP contribution in [0.15, 0.2) is 24.3 Å². The summed E-state index contributed by atoms with van der Waals surface area (Å²) in [5, 5.41) is 0. The van der Waals surface area contributed by atoms with Crippen molar-refractivity contribution in [1.29, 1.82) is 0 Å². The maximum atomic E-state index is 7.50. The van der Waals surface area contributed by atoms with E-state index >= 15 is 0 Å². The SMILES string of the molecule is C=C(C)C[C@H]1CC[C@H]2CC[C@](C)(N)c3cc(OC)cc1c32.[C-]#[O+].[C-]#[O+].[C-]#[O+].[Cr]. The molecule has 2 N–H and O–H groups in total. The van der Waals surface area contributed by atoms with Gasteiger partial charge in [0.25, 0.3) is 0 Å². The van der Waals surface area contributed by atoms with Gasteiger partial charge in [-0.3, -0.25) is 0 Å². The topological polar surface area (TPSA) is 94.9 Å². The first-order valence-electron chi connectivity index (χ1n) is 8.69. The first kappa shape index (κ1) is 28.7. The smallest absolute Gasteiger partial charge is 0 e. The van der Waals surface area contributed by atoms with E-state index in [1.807, 2.05) is 0 Å². The van der Waals surface area contributed by atoms with Gasteiger partial charge in [0, 0.05) is 22.9 Å². The van der Waals surface area contributed by atoms with Gasteiger partial charge in [-0.25, -0.2) is 0 Å². The normalized spacial score (nSPS) is 23.2. The van der Waals surface area contributed by atoms with Crippen molar-refractivity contribution in [3.8, 4) is 5.75 Å². The first-order valence-corrected chi connectivity index (χ1v) is 8.69. The molecule has 0 spiro atoms. The van der Waals surface area contributed by atoms with Crippen LogP contribution in [-0.2, 0) is 36.9 Å². The molecular formula is C22H27CrNO4. The third kappa shape index (κ3) is 6.52. The number of hydrogen-bond acceptors (Lipinski definition) is 2. The Morgan fingerprint density at radius 1 is 1.18 bits per heavy atom. The minimum Gasteiger partial charge on any atom is 0 e. The van der Waals surface area contributed by atoms with Gasteiger partial charge in [0.1, 0.15) is 5.75 Å². The summed E-state index contributed by atoms with van der Waals surface area (Å²) < 4.78 is 28.1. The Kier molecular flexibility index (Phi) is 13.9. The second kappa shape index (κ2) is 13.6. The Hall–Kier alpha value is -1.53. The van der Waals surface area contributed by atoms with Crippen LogP contribution in [0.1, 0.15) is 74.5 Å². The third-order valence-corrected chi connectivity index (χ3v) is 5.36. The largest absolute Gasteiger partial charge is 0 e. The minimum absolute atomic E-state index is 0. The van der Waals surface area contributed by atoms with Gasteiger partial charge in [-0.15, -0.1) is 6.58 Å². The van der Waals surface area contributed by atoms with E-state index in [0.29, 0.717) is 11.8 Å². The second-order valence-corrected chi connectivity index (χ2v) is 7.27. The van der Waals surface area contributed by atoms with Crippen molar-refractivity contribution in [2.24, 2.45) is 5.73 Å². The van der Waals surface area contributed by atoms with E-state index in [0.717, 1.165) is 18.6 Å². The van der Waals surface area contributed by atoms with Crippen LogP contribution in [0.3, 0.4) is 0 Å². The monoisotopic (exact) mass is 421 g/mol. The van der Waals surface area contributed by atoms with Crippen LogP contribution in [0.2, 0.25) is 0 Å². The van der Waals surface area contributed by atoms with Crippen molar-refractivity contribution < 1.29 is 36.1 Å². The summed E-state index contributed by atoms with van der Waals surface area (Å²) in [6.45, 7) is 21.9. The molecule has 3 rings (SSSR count). The van der Waals surface area contributed by atoms with E-state index < -0.39 is 0 Å². The van der Waals surface area contributed by atoms with Crippen LogP contribution in [0.4, 0.5) is 0 Å². The molecule has 3 atom stereocenters. The molecule has 0 saturated carbocycles. The summed E-state index contributed by atoms with van der Waals surface area (Å²) in [5.74, 6) is 2.23. The molecule has 5 nitrogen and oxygen atoms in total. The van der Waals surface area contributed by atoms with Crippen molar-refractivity contribution in [2.75, 3.05) is 7.11 Å². The molecule has 28 heavy (non-hydrogen) atoms. The molecule has 0 radical (unpaired) electrons. The van der Waals surface area contributed by atoms with Gasteiger partial charge >= 0.3 is 33.9 Å². The molecule has 0 fully saturated rings. The number of allylic oxidation sites excluding steroid dienone is 1. The maximum Gasteiger partial charge on any atom is 0 e. The number of rotatable bonds is 3. The van der Waals surface area contributed by atoms with Gasteiger partial charge in [0.2, 0.25) is 0 Å². The van der Waals surface area contributed by atoms with E-state index in [1.165, 1.54) is 41.5 Å². The predicted molar refractivity (Wildman–Crippen MR) is 99.7 cm³/mol. The summed E-state index contributed by atoms with van der Waals surface area (Å²) >= 11 is 0. The van der Waals surface area contributed by atoms with Crippen molar-refractivity contribution in [2.45, 2.75) is 63.3 Å². The summed E-state index contributed by atoms with van der Waals surface area (Å²) in [6.07, 6.45) is 5.92. The van der Waals surface area contributed by atoms with Crippen LogP contribution >= 0.6 is 0 Å². The van der Waals surface area contributed by atoms with E-state index in [9.17, 15) is 0 Å². The van der Waals surface area contributed by atoms with Gasteiger partial charge in [0.15, 0.2) is 0 Å². The molecule has 0 heterocycles. The molecule has 2 aliphatic carbocycles. The first-order chi connectivity index (χ1) is 12.9. The van der Waals surface area contributed by atoms with Gasteiger partial charge in [-0.2, -0.15) is 0 Å². The summed E-state index contributed by atoms with van der Waals surface area (Å²) in [7, 11) is 1.75. The zero-order valence-corrected chi connectivity index (χ0v) is 17.9.